The van der Waals surface area contributed by atoms with Crippen LogP contribution >= 0.6 is 12.2 Å². The molecular formula is C15H25N3OS. The Hall–Kier alpha value is -1.23. The van der Waals surface area contributed by atoms with E-state index in [9.17, 15) is 0 Å². The monoisotopic (exact) mass is 295 g/mol. The first-order valence-electron chi connectivity index (χ1n) is 7.46. The number of hydrogen-bond acceptors (Lipinski definition) is 4. The van der Waals surface area contributed by atoms with Crippen LogP contribution in [0.3, 0.4) is 0 Å². The van der Waals surface area contributed by atoms with Crippen LogP contribution < -0.4 is 10.5 Å². The number of unbranched alkanes of at least 4 members (excludes halogenated alkanes) is 3. The number of aromatic nitrogens is 2. The number of rotatable bonds is 9. The maximum atomic E-state index is 5.85. The lowest BCUT2D eigenvalue weighted by Crippen LogP contribution is -2.18. The first-order valence-corrected chi connectivity index (χ1v) is 7.87. The normalized spacial score (nSPS) is 10.6. The molecule has 0 aliphatic rings. The van der Waals surface area contributed by atoms with E-state index in [1.807, 2.05) is 0 Å². The number of nitrogens with two attached hydrogens (primary N) is 1. The third-order valence-electron chi connectivity index (χ3n) is 3.30. The molecule has 1 aromatic heterocycles. The predicted molar refractivity (Wildman–Crippen MR) is 86.3 cm³/mol. The van der Waals surface area contributed by atoms with Gasteiger partial charge in [-0.2, -0.15) is 5.10 Å². The van der Waals surface area contributed by atoms with Crippen molar-refractivity contribution in [3.05, 3.63) is 16.8 Å². The van der Waals surface area contributed by atoms with Crippen LogP contribution in [0.2, 0.25) is 0 Å². The number of nitrogens with zero attached hydrogens (tertiary/aromatic N) is 2. The van der Waals surface area contributed by atoms with Gasteiger partial charge in [-0.15, -0.1) is 5.10 Å². The molecule has 0 aromatic carbocycles. The largest absolute Gasteiger partial charge is 0.476 e. The smallest absolute Gasteiger partial charge is 0.244 e. The van der Waals surface area contributed by atoms with Gasteiger partial charge in [0.05, 0.1) is 17.9 Å². The van der Waals surface area contributed by atoms with E-state index in [1.54, 1.807) is 0 Å². The van der Waals surface area contributed by atoms with Crippen molar-refractivity contribution in [1.29, 1.82) is 0 Å². The summed E-state index contributed by atoms with van der Waals surface area (Å²) in [4.78, 5) is 0.343. The van der Waals surface area contributed by atoms with Crippen LogP contribution in [-0.4, -0.2) is 21.8 Å². The molecule has 1 heterocycles. The van der Waals surface area contributed by atoms with Crippen LogP contribution in [0.4, 0.5) is 0 Å². The molecule has 112 valence electrons. The number of ether oxygens (including phenoxy) is 1. The van der Waals surface area contributed by atoms with Gasteiger partial charge in [0.2, 0.25) is 5.88 Å². The van der Waals surface area contributed by atoms with Crippen LogP contribution in [0.1, 0.15) is 63.3 Å². The van der Waals surface area contributed by atoms with E-state index in [0.29, 0.717) is 17.5 Å². The van der Waals surface area contributed by atoms with Crippen molar-refractivity contribution in [2.75, 3.05) is 6.61 Å². The number of thiocarbonyl (C=S) groups is 1. The van der Waals surface area contributed by atoms with Gasteiger partial charge < -0.3 is 10.5 Å². The van der Waals surface area contributed by atoms with E-state index < -0.39 is 0 Å². The third-order valence-corrected chi connectivity index (χ3v) is 3.50. The summed E-state index contributed by atoms with van der Waals surface area (Å²) >= 11 is 5.16. The Morgan fingerprint density at radius 1 is 1.10 bits per heavy atom. The van der Waals surface area contributed by atoms with Crippen molar-refractivity contribution in [2.45, 2.75) is 59.3 Å². The van der Waals surface area contributed by atoms with E-state index in [2.05, 4.69) is 31.0 Å². The van der Waals surface area contributed by atoms with Crippen LogP contribution in [0.25, 0.3) is 0 Å². The number of aryl methyl sites for hydroxylation is 1. The fourth-order valence-corrected chi connectivity index (χ4v) is 2.42. The highest BCUT2D eigenvalue weighted by Crippen LogP contribution is 2.23. The van der Waals surface area contributed by atoms with Crippen LogP contribution in [-0.2, 0) is 12.8 Å². The molecule has 4 nitrogen and oxygen atoms in total. The molecule has 0 saturated heterocycles. The molecule has 0 aliphatic carbocycles. The number of hydrogen-bond donors (Lipinski definition) is 1. The second-order valence-corrected chi connectivity index (χ2v) is 5.23. The standard InChI is InChI=1S/C15H25N3OS/c1-4-7-8-9-10-19-15-13(14(16)20)11(5-2)12(6-3)17-18-15/h4-10H2,1-3H3,(H2,16,20). The van der Waals surface area contributed by atoms with Crippen LogP contribution in [0.5, 0.6) is 5.88 Å². The fourth-order valence-electron chi connectivity index (χ4n) is 2.21. The molecule has 0 saturated carbocycles. The summed E-state index contributed by atoms with van der Waals surface area (Å²) in [5.74, 6) is 0.489. The van der Waals surface area contributed by atoms with E-state index in [4.69, 9.17) is 22.7 Å². The minimum Gasteiger partial charge on any atom is -0.476 e. The van der Waals surface area contributed by atoms with Crippen molar-refractivity contribution >= 4 is 17.2 Å². The molecule has 0 fully saturated rings. The van der Waals surface area contributed by atoms with E-state index >= 15 is 0 Å². The third kappa shape index (κ3) is 4.40. The van der Waals surface area contributed by atoms with Gasteiger partial charge in [0.15, 0.2) is 0 Å². The Labute approximate surface area is 127 Å². The van der Waals surface area contributed by atoms with Gasteiger partial charge in [0.1, 0.15) is 4.99 Å². The zero-order valence-corrected chi connectivity index (χ0v) is 13.6. The molecule has 0 unspecified atom stereocenters. The van der Waals surface area contributed by atoms with E-state index in [1.165, 1.54) is 19.3 Å². The summed E-state index contributed by atoms with van der Waals surface area (Å²) in [5.41, 5.74) is 8.64. The van der Waals surface area contributed by atoms with Crippen molar-refractivity contribution < 1.29 is 4.74 Å². The Balaban J connectivity index is 2.87. The second kappa shape index (κ2) is 8.84. The SMILES string of the molecule is CCCCCCOc1nnc(CC)c(CC)c1C(N)=S. The maximum Gasteiger partial charge on any atom is 0.244 e. The zero-order chi connectivity index (χ0) is 15.0. The molecule has 0 radical (unpaired) electrons. The summed E-state index contributed by atoms with van der Waals surface area (Å²) in [6.07, 6.45) is 6.28. The highest BCUT2D eigenvalue weighted by atomic mass is 32.1. The Bertz CT molecular complexity index is 449. The van der Waals surface area contributed by atoms with E-state index in [-0.39, 0.29) is 0 Å². The lowest BCUT2D eigenvalue weighted by molar-refractivity contribution is 0.289. The van der Waals surface area contributed by atoms with Gasteiger partial charge in [0.25, 0.3) is 0 Å². The molecule has 2 N–H and O–H groups in total. The Morgan fingerprint density at radius 2 is 1.85 bits per heavy atom. The molecule has 5 heteroatoms. The lowest BCUT2D eigenvalue weighted by atomic mass is 10.0. The lowest BCUT2D eigenvalue weighted by Gasteiger charge is -2.14. The summed E-state index contributed by atoms with van der Waals surface area (Å²) in [6, 6.07) is 0. The van der Waals surface area contributed by atoms with Gasteiger partial charge in [-0.05, 0) is 24.8 Å². The molecule has 0 bridgehead atoms. The van der Waals surface area contributed by atoms with Crippen molar-refractivity contribution in [1.82, 2.24) is 10.2 Å². The average Bonchev–Trinajstić information content (AvgIpc) is 2.45. The molecule has 0 spiro atoms. The maximum absolute atomic E-state index is 5.85. The summed E-state index contributed by atoms with van der Waals surface area (Å²) < 4.78 is 5.75. The fraction of sp³-hybridized carbons (Fsp3) is 0.667. The first-order chi connectivity index (χ1) is 9.65. The summed E-state index contributed by atoms with van der Waals surface area (Å²) in [7, 11) is 0. The Kier molecular flexibility index (Phi) is 7.44. The first kappa shape index (κ1) is 16.8. The van der Waals surface area contributed by atoms with Gasteiger partial charge >= 0.3 is 0 Å². The van der Waals surface area contributed by atoms with Crippen LogP contribution in [0.15, 0.2) is 0 Å². The van der Waals surface area contributed by atoms with Gasteiger partial charge in [-0.1, -0.05) is 52.3 Å². The van der Waals surface area contributed by atoms with Crippen molar-refractivity contribution in [2.24, 2.45) is 5.73 Å². The van der Waals surface area contributed by atoms with Crippen molar-refractivity contribution in [3.63, 3.8) is 0 Å². The molecule has 1 aromatic rings. The van der Waals surface area contributed by atoms with E-state index in [0.717, 1.165) is 36.1 Å². The van der Waals surface area contributed by atoms with Crippen molar-refractivity contribution in [3.8, 4) is 5.88 Å². The van der Waals surface area contributed by atoms with Gasteiger partial charge in [-0.25, -0.2) is 0 Å². The molecule has 0 aliphatic heterocycles. The zero-order valence-electron chi connectivity index (χ0n) is 12.7. The second-order valence-electron chi connectivity index (χ2n) is 4.79. The molecule has 20 heavy (non-hydrogen) atoms. The minimum absolute atomic E-state index is 0.343. The molecular weight excluding hydrogens is 270 g/mol. The molecule has 0 atom stereocenters. The minimum atomic E-state index is 0.343. The topological polar surface area (TPSA) is 61.0 Å². The van der Waals surface area contributed by atoms with Gasteiger partial charge in [-0.3, -0.25) is 0 Å². The average molecular weight is 295 g/mol. The summed E-state index contributed by atoms with van der Waals surface area (Å²) in [5, 5.41) is 8.39. The highest BCUT2D eigenvalue weighted by molar-refractivity contribution is 7.80. The predicted octanol–water partition coefficient (Wildman–Crippen LogP) is 3.19. The van der Waals surface area contributed by atoms with Crippen LogP contribution in [0, 0.1) is 0 Å². The Morgan fingerprint density at radius 3 is 2.40 bits per heavy atom. The molecule has 0 amide bonds. The summed E-state index contributed by atoms with van der Waals surface area (Å²) in [6.45, 7) is 6.95. The highest BCUT2D eigenvalue weighted by Gasteiger charge is 2.17. The van der Waals surface area contributed by atoms with Gasteiger partial charge in [0, 0.05) is 0 Å². The quantitative estimate of drug-likeness (QED) is 0.560. The molecule has 1 rings (SSSR count).